The molecule has 0 amide bonds. The molecule has 3 rings (SSSR count). The molecule has 0 radical (unpaired) electrons. The van der Waals surface area contributed by atoms with E-state index in [1.54, 1.807) is 22.7 Å². The summed E-state index contributed by atoms with van der Waals surface area (Å²) in [6, 6.07) is 8.66. The first-order chi connectivity index (χ1) is 9.33. The minimum atomic E-state index is 0.921. The molecule has 3 aromatic rings. The molecule has 0 saturated heterocycles. The number of hydrogen-bond donors (Lipinski definition) is 1. The van der Waals surface area contributed by atoms with Gasteiger partial charge in [0.2, 0.25) is 0 Å². The van der Waals surface area contributed by atoms with Gasteiger partial charge in [0.05, 0.1) is 0 Å². The minimum Gasteiger partial charge on any atom is -0.307 e. The zero-order valence-electron chi connectivity index (χ0n) is 10.1. The Morgan fingerprint density at radius 3 is 2.74 bits per heavy atom. The van der Waals surface area contributed by atoms with Crippen LogP contribution in [0.5, 0.6) is 0 Å². The van der Waals surface area contributed by atoms with Crippen LogP contribution in [0.4, 0.5) is 0 Å². The van der Waals surface area contributed by atoms with Gasteiger partial charge in [-0.15, -0.1) is 34.0 Å². The summed E-state index contributed by atoms with van der Waals surface area (Å²) >= 11 is 8.96. The van der Waals surface area contributed by atoms with Crippen molar-refractivity contribution in [3.8, 4) is 10.4 Å². The van der Waals surface area contributed by atoms with Gasteiger partial charge < -0.3 is 5.32 Å². The molecule has 0 aliphatic carbocycles. The zero-order chi connectivity index (χ0) is 13.1. The van der Waals surface area contributed by atoms with Crippen LogP contribution in [0.15, 0.2) is 44.9 Å². The predicted octanol–water partition coefficient (Wildman–Crippen LogP) is 5.59. The first-order valence-electron chi connectivity index (χ1n) is 5.87. The molecule has 0 aliphatic heterocycles. The van der Waals surface area contributed by atoms with E-state index in [1.165, 1.54) is 24.7 Å². The van der Waals surface area contributed by atoms with Crippen LogP contribution in [0.3, 0.4) is 0 Å². The molecule has 0 unspecified atom stereocenters. The van der Waals surface area contributed by atoms with Crippen LogP contribution < -0.4 is 5.32 Å². The summed E-state index contributed by atoms with van der Waals surface area (Å²) in [7, 11) is 0. The summed E-state index contributed by atoms with van der Waals surface area (Å²) in [5.41, 5.74) is 1.34. The van der Waals surface area contributed by atoms with E-state index in [2.05, 4.69) is 61.7 Å². The lowest BCUT2D eigenvalue weighted by Gasteiger charge is -2.01. The summed E-state index contributed by atoms with van der Waals surface area (Å²) < 4.78 is 1.20. The lowest BCUT2D eigenvalue weighted by Crippen LogP contribution is -2.10. The first-order valence-corrected chi connectivity index (χ1v) is 9.30. The van der Waals surface area contributed by atoms with Gasteiger partial charge in [0.25, 0.3) is 0 Å². The van der Waals surface area contributed by atoms with E-state index in [4.69, 9.17) is 0 Å². The van der Waals surface area contributed by atoms with Gasteiger partial charge in [-0.2, -0.15) is 0 Å². The van der Waals surface area contributed by atoms with Crippen molar-refractivity contribution in [3.63, 3.8) is 0 Å². The second-order valence-corrected chi connectivity index (χ2v) is 7.87. The van der Waals surface area contributed by atoms with Crippen molar-refractivity contribution in [2.75, 3.05) is 0 Å². The molecule has 5 heteroatoms. The van der Waals surface area contributed by atoms with Crippen molar-refractivity contribution in [2.24, 2.45) is 0 Å². The molecule has 0 atom stereocenters. The Bertz CT molecular complexity index is 639. The van der Waals surface area contributed by atoms with Gasteiger partial charge in [-0.1, -0.05) is 6.07 Å². The third-order valence-corrected chi connectivity index (χ3v) is 6.52. The van der Waals surface area contributed by atoms with Crippen molar-refractivity contribution >= 4 is 49.9 Å². The van der Waals surface area contributed by atoms with Crippen molar-refractivity contribution in [1.29, 1.82) is 0 Å². The van der Waals surface area contributed by atoms with Crippen LogP contribution in [-0.2, 0) is 13.1 Å². The van der Waals surface area contributed by atoms with Crippen LogP contribution in [0.25, 0.3) is 10.4 Å². The number of nitrogens with one attached hydrogen (secondary N) is 1. The van der Waals surface area contributed by atoms with E-state index in [-0.39, 0.29) is 0 Å². The summed E-state index contributed by atoms with van der Waals surface area (Å²) in [5.74, 6) is 0. The molecule has 0 spiro atoms. The molecule has 1 N–H and O–H groups in total. The third-order valence-electron chi connectivity index (χ3n) is 2.74. The van der Waals surface area contributed by atoms with Crippen molar-refractivity contribution in [1.82, 2.24) is 5.32 Å². The quantitative estimate of drug-likeness (QED) is 0.617. The maximum Gasteiger partial charge on any atom is 0.0351 e. The Morgan fingerprint density at radius 2 is 2.00 bits per heavy atom. The SMILES string of the molecule is Brc1ccsc1CNCc1cc(-c2cccs2)cs1. The Balaban J connectivity index is 1.58. The van der Waals surface area contributed by atoms with Gasteiger partial charge >= 0.3 is 0 Å². The largest absolute Gasteiger partial charge is 0.307 e. The minimum absolute atomic E-state index is 0.921. The zero-order valence-corrected chi connectivity index (χ0v) is 14.1. The van der Waals surface area contributed by atoms with E-state index in [0.717, 1.165) is 13.1 Å². The fourth-order valence-electron chi connectivity index (χ4n) is 1.80. The molecule has 1 nitrogen and oxygen atoms in total. The molecular weight excluding hydrogens is 358 g/mol. The lowest BCUT2D eigenvalue weighted by molar-refractivity contribution is 0.707. The first kappa shape index (κ1) is 13.5. The fraction of sp³-hybridized carbons (Fsp3) is 0.143. The van der Waals surface area contributed by atoms with Gasteiger partial charge in [0.1, 0.15) is 0 Å². The standard InChI is InChI=1S/C14H12BrNS3/c15-12-3-5-18-14(12)8-16-7-11-6-10(9-19-11)13-2-1-4-17-13/h1-6,9,16H,7-8H2. The van der Waals surface area contributed by atoms with E-state index in [9.17, 15) is 0 Å². The average molecular weight is 370 g/mol. The third kappa shape index (κ3) is 3.35. The molecule has 0 fully saturated rings. The Hall–Kier alpha value is -0.460. The highest BCUT2D eigenvalue weighted by Gasteiger charge is 2.04. The van der Waals surface area contributed by atoms with Crippen molar-refractivity contribution < 1.29 is 0 Å². The molecule has 3 aromatic heterocycles. The topological polar surface area (TPSA) is 12.0 Å². The Labute approximate surface area is 133 Å². The summed E-state index contributed by atoms with van der Waals surface area (Å²) in [4.78, 5) is 4.09. The normalized spacial score (nSPS) is 11.0. The van der Waals surface area contributed by atoms with Crippen LogP contribution in [0, 0.1) is 0 Å². The number of thiophene rings is 3. The number of hydrogen-bond acceptors (Lipinski definition) is 4. The molecule has 0 aromatic carbocycles. The van der Waals surface area contributed by atoms with E-state index in [0.29, 0.717) is 0 Å². The monoisotopic (exact) mass is 369 g/mol. The van der Waals surface area contributed by atoms with Crippen molar-refractivity contribution in [3.05, 3.63) is 54.6 Å². The lowest BCUT2D eigenvalue weighted by atomic mass is 10.2. The fourth-order valence-corrected chi connectivity index (χ4v) is 4.90. The summed E-state index contributed by atoms with van der Waals surface area (Å²) in [6.45, 7) is 1.85. The maximum atomic E-state index is 3.56. The molecule has 0 bridgehead atoms. The van der Waals surface area contributed by atoms with Gasteiger partial charge in [0.15, 0.2) is 0 Å². The van der Waals surface area contributed by atoms with Gasteiger partial charge in [-0.25, -0.2) is 0 Å². The van der Waals surface area contributed by atoms with Crippen LogP contribution in [0.2, 0.25) is 0 Å². The molecule has 19 heavy (non-hydrogen) atoms. The van der Waals surface area contributed by atoms with Gasteiger partial charge in [-0.3, -0.25) is 0 Å². The second-order valence-electron chi connectivity index (χ2n) is 4.07. The maximum absolute atomic E-state index is 3.56. The van der Waals surface area contributed by atoms with Gasteiger partial charge in [0, 0.05) is 37.8 Å². The Kier molecular flexibility index (Phi) is 4.50. The highest BCUT2D eigenvalue weighted by atomic mass is 79.9. The second kappa shape index (κ2) is 6.33. The summed E-state index contributed by atoms with van der Waals surface area (Å²) in [6.07, 6.45) is 0. The molecule has 0 aliphatic rings. The van der Waals surface area contributed by atoms with E-state index < -0.39 is 0 Å². The number of rotatable bonds is 5. The number of halogens is 1. The van der Waals surface area contributed by atoms with Crippen LogP contribution in [-0.4, -0.2) is 0 Å². The van der Waals surface area contributed by atoms with Crippen LogP contribution >= 0.6 is 49.9 Å². The molecular formula is C14H12BrNS3. The molecule has 0 saturated carbocycles. The van der Waals surface area contributed by atoms with E-state index in [1.807, 2.05) is 11.3 Å². The van der Waals surface area contributed by atoms with E-state index >= 15 is 0 Å². The van der Waals surface area contributed by atoms with Gasteiger partial charge in [-0.05, 0) is 50.3 Å². The molecule has 3 heterocycles. The van der Waals surface area contributed by atoms with Crippen molar-refractivity contribution in [2.45, 2.75) is 13.1 Å². The highest BCUT2D eigenvalue weighted by Crippen LogP contribution is 2.29. The Morgan fingerprint density at radius 1 is 1.05 bits per heavy atom. The predicted molar refractivity (Wildman–Crippen MR) is 90.2 cm³/mol. The average Bonchev–Trinajstić information content (AvgIpc) is 3.11. The van der Waals surface area contributed by atoms with Crippen LogP contribution in [0.1, 0.15) is 9.75 Å². The summed E-state index contributed by atoms with van der Waals surface area (Å²) in [5, 5.41) is 9.97. The smallest absolute Gasteiger partial charge is 0.0351 e. The highest BCUT2D eigenvalue weighted by molar-refractivity contribution is 9.10. The molecule has 98 valence electrons.